The lowest BCUT2D eigenvalue weighted by atomic mass is 9.90. The molecule has 17 heavy (non-hydrogen) atoms. The molecule has 0 spiro atoms. The Kier molecular flexibility index (Phi) is 4.93. The number of hydrogen-bond donors (Lipinski definition) is 2. The number of esters is 1. The van der Waals surface area contributed by atoms with E-state index in [0.717, 1.165) is 25.8 Å². The van der Waals surface area contributed by atoms with Gasteiger partial charge >= 0.3 is 5.97 Å². The highest BCUT2D eigenvalue weighted by Gasteiger charge is 2.34. The number of rotatable bonds is 4. The molecule has 5 nitrogen and oxygen atoms in total. The van der Waals surface area contributed by atoms with Gasteiger partial charge < -0.3 is 15.4 Å². The SMILES string of the molecule is COC(=O)CC(C)NC(=O)C1(C)CCCCN1. The van der Waals surface area contributed by atoms with Crippen molar-refractivity contribution in [2.24, 2.45) is 0 Å². The molecule has 0 aromatic rings. The van der Waals surface area contributed by atoms with Gasteiger partial charge in [0.25, 0.3) is 0 Å². The first kappa shape index (κ1) is 14.0. The Morgan fingerprint density at radius 2 is 2.18 bits per heavy atom. The topological polar surface area (TPSA) is 67.4 Å². The van der Waals surface area contributed by atoms with Gasteiger partial charge in [-0.3, -0.25) is 9.59 Å². The van der Waals surface area contributed by atoms with E-state index in [-0.39, 0.29) is 24.3 Å². The highest BCUT2D eigenvalue weighted by atomic mass is 16.5. The first-order valence-corrected chi connectivity index (χ1v) is 6.11. The van der Waals surface area contributed by atoms with Crippen LogP contribution >= 0.6 is 0 Å². The number of methoxy groups -OCH3 is 1. The number of nitrogens with one attached hydrogen (secondary N) is 2. The van der Waals surface area contributed by atoms with Crippen LogP contribution in [0.5, 0.6) is 0 Å². The molecule has 1 rings (SSSR count). The van der Waals surface area contributed by atoms with E-state index in [1.807, 2.05) is 6.92 Å². The molecule has 0 aromatic heterocycles. The summed E-state index contributed by atoms with van der Waals surface area (Å²) >= 11 is 0. The summed E-state index contributed by atoms with van der Waals surface area (Å²) in [6, 6.07) is -0.199. The summed E-state index contributed by atoms with van der Waals surface area (Å²) in [5, 5.41) is 6.09. The van der Waals surface area contributed by atoms with Gasteiger partial charge in [0.1, 0.15) is 0 Å². The second kappa shape index (κ2) is 6.00. The minimum Gasteiger partial charge on any atom is -0.469 e. The summed E-state index contributed by atoms with van der Waals surface area (Å²) in [6.45, 7) is 4.59. The molecule has 1 aliphatic rings. The maximum absolute atomic E-state index is 12.1. The smallest absolute Gasteiger partial charge is 0.307 e. The van der Waals surface area contributed by atoms with Gasteiger partial charge in [-0.2, -0.15) is 0 Å². The van der Waals surface area contributed by atoms with Crippen molar-refractivity contribution in [1.29, 1.82) is 0 Å². The Morgan fingerprint density at radius 3 is 2.71 bits per heavy atom. The van der Waals surface area contributed by atoms with Crippen LogP contribution in [0.15, 0.2) is 0 Å². The van der Waals surface area contributed by atoms with Crippen molar-refractivity contribution >= 4 is 11.9 Å². The monoisotopic (exact) mass is 242 g/mol. The zero-order valence-electron chi connectivity index (χ0n) is 10.8. The quantitative estimate of drug-likeness (QED) is 0.708. The lowest BCUT2D eigenvalue weighted by Gasteiger charge is -2.34. The van der Waals surface area contributed by atoms with Crippen LogP contribution < -0.4 is 10.6 Å². The second-order valence-corrected chi connectivity index (χ2v) is 4.87. The maximum atomic E-state index is 12.1. The fraction of sp³-hybridized carbons (Fsp3) is 0.833. The second-order valence-electron chi connectivity index (χ2n) is 4.87. The number of piperidine rings is 1. The molecule has 0 saturated carbocycles. The van der Waals surface area contributed by atoms with Gasteiger partial charge in [0.15, 0.2) is 0 Å². The van der Waals surface area contributed by atoms with Crippen molar-refractivity contribution in [3.63, 3.8) is 0 Å². The Balaban J connectivity index is 2.44. The molecule has 0 bridgehead atoms. The first-order chi connectivity index (χ1) is 7.98. The van der Waals surface area contributed by atoms with E-state index < -0.39 is 5.54 Å². The van der Waals surface area contributed by atoms with Crippen molar-refractivity contribution < 1.29 is 14.3 Å². The highest BCUT2D eigenvalue weighted by Crippen LogP contribution is 2.19. The Morgan fingerprint density at radius 1 is 1.47 bits per heavy atom. The van der Waals surface area contributed by atoms with Crippen LogP contribution in [-0.4, -0.2) is 37.1 Å². The minimum absolute atomic E-state index is 0.0337. The molecule has 2 atom stereocenters. The molecular formula is C12H22N2O3. The molecule has 2 unspecified atom stereocenters. The molecule has 2 N–H and O–H groups in total. The summed E-state index contributed by atoms with van der Waals surface area (Å²) in [4.78, 5) is 23.1. The van der Waals surface area contributed by atoms with Gasteiger partial charge in [-0.1, -0.05) is 0 Å². The fourth-order valence-electron chi connectivity index (χ4n) is 2.02. The van der Waals surface area contributed by atoms with Gasteiger partial charge in [-0.25, -0.2) is 0 Å². The number of carbonyl (C=O) groups is 2. The predicted molar refractivity (Wildman–Crippen MR) is 64.5 cm³/mol. The lowest BCUT2D eigenvalue weighted by Crippen LogP contribution is -2.58. The van der Waals surface area contributed by atoms with Crippen LogP contribution in [0.2, 0.25) is 0 Å². The van der Waals surface area contributed by atoms with E-state index in [1.165, 1.54) is 7.11 Å². The average Bonchev–Trinajstić information content (AvgIpc) is 2.29. The molecule has 98 valence electrons. The van der Waals surface area contributed by atoms with Gasteiger partial charge in [-0.15, -0.1) is 0 Å². The number of amides is 1. The van der Waals surface area contributed by atoms with E-state index >= 15 is 0 Å². The van der Waals surface area contributed by atoms with Crippen molar-refractivity contribution in [3.8, 4) is 0 Å². The number of hydrogen-bond acceptors (Lipinski definition) is 4. The molecular weight excluding hydrogens is 220 g/mol. The summed E-state index contributed by atoms with van der Waals surface area (Å²) in [6.07, 6.45) is 3.21. The third-order valence-electron chi connectivity index (χ3n) is 3.20. The number of carbonyl (C=O) groups excluding carboxylic acids is 2. The molecule has 0 radical (unpaired) electrons. The largest absolute Gasteiger partial charge is 0.469 e. The molecule has 0 aromatic carbocycles. The molecule has 1 heterocycles. The molecule has 5 heteroatoms. The van der Waals surface area contributed by atoms with E-state index in [1.54, 1.807) is 6.92 Å². The Labute approximate surface area is 102 Å². The van der Waals surface area contributed by atoms with Crippen LogP contribution in [0.4, 0.5) is 0 Å². The Hall–Kier alpha value is -1.10. The average molecular weight is 242 g/mol. The van der Waals surface area contributed by atoms with Gasteiger partial charge in [0, 0.05) is 6.04 Å². The summed E-state index contributed by atoms with van der Waals surface area (Å²) in [5.41, 5.74) is -0.497. The molecule has 1 aliphatic heterocycles. The molecule has 1 saturated heterocycles. The maximum Gasteiger partial charge on any atom is 0.307 e. The lowest BCUT2D eigenvalue weighted by molar-refractivity contribution is -0.141. The van der Waals surface area contributed by atoms with Crippen molar-refractivity contribution in [2.75, 3.05) is 13.7 Å². The van der Waals surface area contributed by atoms with Crippen LogP contribution in [0.25, 0.3) is 0 Å². The molecule has 0 aliphatic carbocycles. The van der Waals surface area contributed by atoms with Gasteiger partial charge in [0.05, 0.1) is 19.1 Å². The first-order valence-electron chi connectivity index (χ1n) is 6.11. The van der Waals surface area contributed by atoms with Crippen LogP contribution in [-0.2, 0) is 14.3 Å². The van der Waals surface area contributed by atoms with Crippen molar-refractivity contribution in [3.05, 3.63) is 0 Å². The zero-order valence-corrected chi connectivity index (χ0v) is 10.8. The Bertz CT molecular complexity index is 285. The van der Waals surface area contributed by atoms with Crippen LogP contribution in [0.1, 0.15) is 39.5 Å². The normalized spacial score (nSPS) is 26.1. The highest BCUT2D eigenvalue weighted by molar-refractivity contribution is 5.86. The van der Waals surface area contributed by atoms with E-state index in [9.17, 15) is 9.59 Å². The van der Waals surface area contributed by atoms with Crippen molar-refractivity contribution in [1.82, 2.24) is 10.6 Å². The minimum atomic E-state index is -0.497. The van der Waals surface area contributed by atoms with E-state index in [4.69, 9.17) is 0 Å². The van der Waals surface area contributed by atoms with E-state index in [2.05, 4.69) is 15.4 Å². The fourth-order valence-corrected chi connectivity index (χ4v) is 2.02. The van der Waals surface area contributed by atoms with E-state index in [0.29, 0.717) is 0 Å². The van der Waals surface area contributed by atoms with Gasteiger partial charge in [-0.05, 0) is 39.7 Å². The summed E-state index contributed by atoms with van der Waals surface area (Å²) in [5.74, 6) is -0.340. The molecule has 1 fully saturated rings. The van der Waals surface area contributed by atoms with Crippen molar-refractivity contribution in [2.45, 2.75) is 51.1 Å². The zero-order chi connectivity index (χ0) is 12.9. The standard InChI is InChI=1S/C12H22N2O3/c1-9(8-10(15)17-3)14-11(16)12(2)6-4-5-7-13-12/h9,13H,4-8H2,1-3H3,(H,14,16). The number of ether oxygens (including phenoxy) is 1. The van der Waals surface area contributed by atoms with Gasteiger partial charge in [0.2, 0.25) is 5.91 Å². The van der Waals surface area contributed by atoms with Crippen LogP contribution in [0.3, 0.4) is 0 Å². The molecule has 1 amide bonds. The summed E-state index contributed by atoms with van der Waals surface area (Å²) < 4.78 is 4.57. The third-order valence-corrected chi connectivity index (χ3v) is 3.20. The van der Waals surface area contributed by atoms with Crippen LogP contribution in [0, 0.1) is 0 Å². The summed E-state index contributed by atoms with van der Waals surface area (Å²) in [7, 11) is 1.35. The third kappa shape index (κ3) is 4.00. The predicted octanol–water partition coefficient (Wildman–Crippen LogP) is 0.586.